The molecule has 1 atom stereocenters. The first-order chi connectivity index (χ1) is 18.1. The molecule has 1 aliphatic rings. The largest absolute Gasteiger partial charge is 0.369 e. The molecule has 8 nitrogen and oxygen atoms in total. The molecule has 0 aromatic heterocycles. The van der Waals surface area contributed by atoms with E-state index < -0.39 is 17.9 Å². The molecule has 3 aromatic rings. The molecule has 8 heteroatoms. The van der Waals surface area contributed by atoms with Crippen molar-refractivity contribution in [3.8, 4) is 11.8 Å². The van der Waals surface area contributed by atoms with Crippen molar-refractivity contribution >= 4 is 17.5 Å². The van der Waals surface area contributed by atoms with E-state index in [9.17, 15) is 9.59 Å². The molecule has 0 unspecified atom stereocenters. The number of para-hydroxylation sites is 1. The number of hydroxylamine groups is 1. The van der Waals surface area contributed by atoms with E-state index in [4.69, 9.17) is 10.9 Å². The minimum absolute atomic E-state index is 0.134. The number of anilines is 1. The predicted octanol–water partition coefficient (Wildman–Crippen LogP) is 1.97. The van der Waals surface area contributed by atoms with Gasteiger partial charge in [-0.2, -0.15) is 0 Å². The summed E-state index contributed by atoms with van der Waals surface area (Å²) >= 11 is 0. The Bertz CT molecular complexity index is 1240. The van der Waals surface area contributed by atoms with Crippen molar-refractivity contribution in [1.82, 2.24) is 15.7 Å². The second-order valence-corrected chi connectivity index (χ2v) is 8.86. The average Bonchev–Trinajstić information content (AvgIpc) is 2.96. The van der Waals surface area contributed by atoms with Gasteiger partial charge in [-0.1, -0.05) is 42.2 Å². The van der Waals surface area contributed by atoms with E-state index in [0.717, 1.165) is 43.9 Å². The third-order valence-corrected chi connectivity index (χ3v) is 6.32. The van der Waals surface area contributed by atoms with E-state index in [2.05, 4.69) is 63.4 Å². The van der Waals surface area contributed by atoms with E-state index >= 15 is 0 Å². The van der Waals surface area contributed by atoms with Gasteiger partial charge in [-0.25, -0.2) is 5.48 Å². The standard InChI is InChI=1S/C29H31N5O3/c30-20-27(29(36)32-37)31-28(35)25-14-12-23(13-15-25)7-6-22-8-10-24(11-9-22)21-33-16-18-34(19-17-33)26-4-2-1-3-5-26/h1-5,8-15,27,37H,16-21,30H2,(H,31,35)(H,32,36)/t27-/m0/s1. The molecule has 1 aliphatic heterocycles. The van der Waals surface area contributed by atoms with Crippen molar-refractivity contribution in [1.29, 1.82) is 0 Å². The Morgan fingerprint density at radius 2 is 1.46 bits per heavy atom. The van der Waals surface area contributed by atoms with Gasteiger partial charge in [0.15, 0.2) is 0 Å². The molecular weight excluding hydrogens is 466 g/mol. The minimum atomic E-state index is -1.01. The molecule has 37 heavy (non-hydrogen) atoms. The number of carbonyl (C=O) groups is 2. The van der Waals surface area contributed by atoms with Gasteiger partial charge in [0.05, 0.1) is 0 Å². The summed E-state index contributed by atoms with van der Waals surface area (Å²) in [6.45, 7) is 4.91. The Morgan fingerprint density at radius 3 is 2.03 bits per heavy atom. The summed E-state index contributed by atoms with van der Waals surface area (Å²) < 4.78 is 0. The zero-order valence-corrected chi connectivity index (χ0v) is 20.6. The fourth-order valence-corrected chi connectivity index (χ4v) is 4.15. The van der Waals surface area contributed by atoms with Crippen LogP contribution in [-0.4, -0.2) is 60.7 Å². The van der Waals surface area contributed by atoms with Crippen molar-refractivity contribution in [2.45, 2.75) is 12.6 Å². The number of hydrogen-bond donors (Lipinski definition) is 4. The highest BCUT2D eigenvalue weighted by molar-refractivity contribution is 5.97. The van der Waals surface area contributed by atoms with E-state index in [0.29, 0.717) is 5.56 Å². The number of amides is 2. The molecule has 4 rings (SSSR count). The molecule has 5 N–H and O–H groups in total. The van der Waals surface area contributed by atoms with Crippen LogP contribution in [0.15, 0.2) is 78.9 Å². The van der Waals surface area contributed by atoms with E-state index in [1.165, 1.54) is 16.7 Å². The number of nitrogens with zero attached hydrogens (tertiary/aromatic N) is 2. The average molecular weight is 498 g/mol. The van der Waals surface area contributed by atoms with Gasteiger partial charge in [0, 0.05) is 61.6 Å². The van der Waals surface area contributed by atoms with E-state index in [-0.39, 0.29) is 6.54 Å². The molecule has 0 spiro atoms. The van der Waals surface area contributed by atoms with Crippen molar-refractivity contribution in [2.24, 2.45) is 5.73 Å². The first-order valence-corrected chi connectivity index (χ1v) is 12.2. The van der Waals surface area contributed by atoms with Crippen LogP contribution in [0.2, 0.25) is 0 Å². The molecule has 1 saturated heterocycles. The number of benzene rings is 3. The smallest absolute Gasteiger partial charge is 0.267 e. The Kier molecular flexibility index (Phi) is 8.89. The van der Waals surface area contributed by atoms with Gasteiger partial charge >= 0.3 is 0 Å². The lowest BCUT2D eigenvalue weighted by Gasteiger charge is -2.36. The van der Waals surface area contributed by atoms with Crippen LogP contribution >= 0.6 is 0 Å². The Balaban J connectivity index is 1.28. The second-order valence-electron chi connectivity index (χ2n) is 8.86. The first kappa shape index (κ1) is 25.9. The summed E-state index contributed by atoms with van der Waals surface area (Å²) in [4.78, 5) is 28.7. The van der Waals surface area contributed by atoms with Crippen molar-refractivity contribution in [2.75, 3.05) is 37.6 Å². The monoisotopic (exact) mass is 497 g/mol. The molecule has 0 radical (unpaired) electrons. The summed E-state index contributed by atoms with van der Waals surface area (Å²) in [5.74, 6) is 5.04. The van der Waals surface area contributed by atoms with Crippen LogP contribution in [0.1, 0.15) is 27.0 Å². The van der Waals surface area contributed by atoms with Crippen LogP contribution in [0, 0.1) is 11.8 Å². The summed E-state index contributed by atoms with van der Waals surface area (Å²) in [5, 5.41) is 11.2. The van der Waals surface area contributed by atoms with Crippen molar-refractivity contribution in [3.05, 3.63) is 101 Å². The summed E-state index contributed by atoms with van der Waals surface area (Å²) in [6.07, 6.45) is 0. The van der Waals surface area contributed by atoms with Gasteiger partial charge in [0.1, 0.15) is 6.04 Å². The number of piperazine rings is 1. The molecule has 2 amide bonds. The van der Waals surface area contributed by atoms with E-state index in [1.807, 2.05) is 18.2 Å². The van der Waals surface area contributed by atoms with Crippen LogP contribution in [0.25, 0.3) is 0 Å². The summed E-state index contributed by atoms with van der Waals surface area (Å²) in [7, 11) is 0. The SMILES string of the molecule is NC[C@H](NC(=O)c1ccc(C#Cc2ccc(CN3CCN(c4ccccc4)CC3)cc2)cc1)C(=O)NO. The molecule has 0 saturated carbocycles. The topological polar surface area (TPSA) is 111 Å². The van der Waals surface area contributed by atoms with E-state index in [1.54, 1.807) is 24.3 Å². The fraction of sp³-hybridized carbons (Fsp3) is 0.241. The molecule has 0 bridgehead atoms. The van der Waals surface area contributed by atoms with Gasteiger partial charge in [-0.3, -0.25) is 19.7 Å². The predicted molar refractivity (Wildman–Crippen MR) is 143 cm³/mol. The maximum Gasteiger partial charge on any atom is 0.267 e. The fourth-order valence-electron chi connectivity index (χ4n) is 4.15. The highest BCUT2D eigenvalue weighted by Crippen LogP contribution is 2.17. The number of nitrogens with one attached hydrogen (secondary N) is 2. The van der Waals surface area contributed by atoms with Crippen LogP contribution in [0.5, 0.6) is 0 Å². The first-order valence-electron chi connectivity index (χ1n) is 12.2. The zero-order valence-electron chi connectivity index (χ0n) is 20.6. The lowest BCUT2D eigenvalue weighted by atomic mass is 10.1. The van der Waals surface area contributed by atoms with Crippen molar-refractivity contribution < 1.29 is 14.8 Å². The molecular formula is C29H31N5O3. The number of hydrogen-bond acceptors (Lipinski definition) is 6. The van der Waals surface area contributed by atoms with Crippen LogP contribution in [0.4, 0.5) is 5.69 Å². The van der Waals surface area contributed by atoms with Gasteiger partial charge in [-0.05, 0) is 54.1 Å². The molecule has 3 aromatic carbocycles. The Hall–Kier alpha value is -4.16. The third kappa shape index (κ3) is 7.18. The van der Waals surface area contributed by atoms with Gasteiger partial charge in [-0.15, -0.1) is 0 Å². The van der Waals surface area contributed by atoms with Gasteiger partial charge < -0.3 is 16.0 Å². The molecule has 190 valence electrons. The third-order valence-electron chi connectivity index (χ3n) is 6.32. The maximum absolute atomic E-state index is 12.3. The Labute approximate surface area is 217 Å². The highest BCUT2D eigenvalue weighted by atomic mass is 16.5. The van der Waals surface area contributed by atoms with Crippen LogP contribution < -0.4 is 21.4 Å². The molecule has 1 fully saturated rings. The zero-order chi connectivity index (χ0) is 26.0. The minimum Gasteiger partial charge on any atom is -0.369 e. The summed E-state index contributed by atoms with van der Waals surface area (Å²) in [6, 6.07) is 24.6. The number of carbonyl (C=O) groups excluding carboxylic acids is 2. The summed E-state index contributed by atoms with van der Waals surface area (Å²) in [5.41, 5.74) is 11.6. The Morgan fingerprint density at radius 1 is 0.865 bits per heavy atom. The van der Waals surface area contributed by atoms with Gasteiger partial charge in [0.25, 0.3) is 11.8 Å². The molecule has 1 heterocycles. The quantitative estimate of drug-likeness (QED) is 0.226. The van der Waals surface area contributed by atoms with Crippen LogP contribution in [0.3, 0.4) is 0 Å². The van der Waals surface area contributed by atoms with Gasteiger partial charge in [0.2, 0.25) is 0 Å². The lowest BCUT2D eigenvalue weighted by Crippen LogP contribution is -2.50. The van der Waals surface area contributed by atoms with Crippen molar-refractivity contribution in [3.63, 3.8) is 0 Å². The molecule has 0 aliphatic carbocycles. The number of rotatable bonds is 7. The highest BCUT2D eigenvalue weighted by Gasteiger charge is 2.19. The normalized spacial score (nSPS) is 14.3. The lowest BCUT2D eigenvalue weighted by molar-refractivity contribution is -0.130. The second kappa shape index (κ2) is 12.7. The maximum atomic E-state index is 12.3. The van der Waals surface area contributed by atoms with Crippen LogP contribution in [-0.2, 0) is 11.3 Å². The number of nitrogens with two attached hydrogens (primary N) is 1.